The number of aromatic nitrogens is 4. The molecular weight excluding hydrogens is 412 g/mol. The van der Waals surface area contributed by atoms with Gasteiger partial charge in [-0.2, -0.15) is 5.10 Å². The van der Waals surface area contributed by atoms with Crippen LogP contribution >= 0.6 is 0 Å². The highest BCUT2D eigenvalue weighted by atomic mass is 15.3. The summed E-state index contributed by atoms with van der Waals surface area (Å²) in [4.78, 5) is 15.4. The maximum Gasteiger partial charge on any atom is 0.222 e. The Balaban J connectivity index is 1.20. The molecule has 0 atom stereocenters. The summed E-state index contributed by atoms with van der Waals surface area (Å²) in [7, 11) is 1.73. The van der Waals surface area contributed by atoms with Crippen LogP contribution in [-0.2, 0) is 6.42 Å². The number of hydrogen-bond donors (Lipinski definition) is 2. The van der Waals surface area contributed by atoms with Gasteiger partial charge in [0.1, 0.15) is 0 Å². The molecule has 166 valence electrons. The first kappa shape index (κ1) is 20.7. The van der Waals surface area contributed by atoms with Crippen molar-refractivity contribution < 1.29 is 0 Å². The Morgan fingerprint density at radius 2 is 1.88 bits per heavy atom. The number of hydrogen-bond acceptors (Lipinski definition) is 7. The number of nitrogens with one attached hydrogen (secondary N) is 1. The van der Waals surface area contributed by atoms with Crippen LogP contribution in [0.15, 0.2) is 78.4 Å². The molecule has 33 heavy (non-hydrogen) atoms. The summed E-state index contributed by atoms with van der Waals surface area (Å²) in [6.45, 7) is 1.74. The highest BCUT2D eigenvalue weighted by molar-refractivity contribution is 6.09. The Bertz CT molecular complexity index is 1290. The van der Waals surface area contributed by atoms with Crippen molar-refractivity contribution >= 4 is 28.9 Å². The van der Waals surface area contributed by atoms with Gasteiger partial charge in [0.25, 0.3) is 0 Å². The van der Waals surface area contributed by atoms with Gasteiger partial charge in [0.2, 0.25) is 5.95 Å². The first-order valence-electron chi connectivity index (χ1n) is 10.9. The van der Waals surface area contributed by atoms with Crippen LogP contribution in [0.3, 0.4) is 0 Å². The van der Waals surface area contributed by atoms with Crippen molar-refractivity contribution in [1.29, 1.82) is 0 Å². The Morgan fingerprint density at radius 3 is 2.61 bits per heavy atom. The SMILES string of the molecule is CN=CC(=CN)c1ccc2c(N3CC(Nc4ncc(Cc5ccccc5)cn4)C3)cnn2c1. The molecule has 5 rings (SSSR count). The van der Waals surface area contributed by atoms with E-state index in [9.17, 15) is 0 Å². The third-order valence-electron chi connectivity index (χ3n) is 5.79. The molecule has 1 saturated heterocycles. The van der Waals surface area contributed by atoms with Gasteiger partial charge in [0, 0.05) is 68.7 Å². The number of anilines is 2. The van der Waals surface area contributed by atoms with Crippen LogP contribution in [0.2, 0.25) is 0 Å². The van der Waals surface area contributed by atoms with E-state index < -0.39 is 0 Å². The monoisotopic (exact) mass is 438 g/mol. The van der Waals surface area contributed by atoms with Crippen LogP contribution in [0, 0.1) is 0 Å². The van der Waals surface area contributed by atoms with Crippen molar-refractivity contribution in [2.24, 2.45) is 10.7 Å². The van der Waals surface area contributed by atoms with Crippen molar-refractivity contribution in [3.05, 3.63) is 90.1 Å². The Labute approximate surface area is 192 Å². The van der Waals surface area contributed by atoms with Gasteiger partial charge in [-0.15, -0.1) is 0 Å². The zero-order valence-corrected chi connectivity index (χ0v) is 18.5. The number of pyridine rings is 1. The number of allylic oxidation sites excluding steroid dienone is 1. The van der Waals surface area contributed by atoms with Gasteiger partial charge in [0.05, 0.1) is 23.4 Å². The molecule has 3 aromatic heterocycles. The van der Waals surface area contributed by atoms with Crippen LogP contribution in [0.5, 0.6) is 0 Å². The third-order valence-corrected chi connectivity index (χ3v) is 5.79. The molecule has 8 nitrogen and oxygen atoms in total. The number of benzene rings is 1. The highest BCUT2D eigenvalue weighted by Gasteiger charge is 2.29. The number of aliphatic imine (C=N–C) groups is 1. The molecule has 0 unspecified atom stereocenters. The largest absolute Gasteiger partial charge is 0.404 e. The summed E-state index contributed by atoms with van der Waals surface area (Å²) < 4.78 is 1.88. The van der Waals surface area contributed by atoms with E-state index in [4.69, 9.17) is 5.73 Å². The Hall–Kier alpha value is -4.20. The zero-order chi connectivity index (χ0) is 22.6. The van der Waals surface area contributed by atoms with Crippen LogP contribution in [0.4, 0.5) is 11.6 Å². The third kappa shape index (κ3) is 4.41. The van der Waals surface area contributed by atoms with Gasteiger partial charge in [-0.3, -0.25) is 4.99 Å². The van der Waals surface area contributed by atoms with Crippen LogP contribution in [0.25, 0.3) is 11.1 Å². The van der Waals surface area contributed by atoms with Crippen LogP contribution < -0.4 is 16.0 Å². The fourth-order valence-corrected chi connectivity index (χ4v) is 4.04. The lowest BCUT2D eigenvalue weighted by Crippen LogP contribution is -2.55. The number of nitrogens with two attached hydrogens (primary N) is 1. The summed E-state index contributed by atoms with van der Waals surface area (Å²) in [5.74, 6) is 0.666. The summed E-state index contributed by atoms with van der Waals surface area (Å²) >= 11 is 0. The molecule has 3 N–H and O–H groups in total. The van der Waals surface area contributed by atoms with Gasteiger partial charge < -0.3 is 16.0 Å². The van der Waals surface area contributed by atoms with Crippen molar-refractivity contribution in [3.8, 4) is 0 Å². The van der Waals surface area contributed by atoms with Gasteiger partial charge in [-0.05, 0) is 17.2 Å². The van der Waals surface area contributed by atoms with E-state index in [0.29, 0.717) is 12.0 Å². The van der Waals surface area contributed by atoms with Gasteiger partial charge in [0.15, 0.2) is 0 Å². The molecule has 1 aliphatic heterocycles. The predicted molar refractivity (Wildman–Crippen MR) is 133 cm³/mol. The molecule has 8 heteroatoms. The Kier molecular flexibility index (Phi) is 5.72. The normalized spacial score (nSPS) is 14.7. The van der Waals surface area contributed by atoms with Crippen molar-refractivity contribution in [2.75, 3.05) is 30.4 Å². The minimum absolute atomic E-state index is 0.298. The van der Waals surface area contributed by atoms with Crippen LogP contribution in [-0.4, -0.2) is 52.0 Å². The van der Waals surface area contributed by atoms with Gasteiger partial charge in [-0.25, -0.2) is 14.5 Å². The molecule has 0 aliphatic carbocycles. The zero-order valence-electron chi connectivity index (χ0n) is 18.5. The summed E-state index contributed by atoms with van der Waals surface area (Å²) in [5.41, 5.74) is 12.1. The number of rotatable bonds is 7. The minimum atomic E-state index is 0.298. The lowest BCUT2D eigenvalue weighted by atomic mass is 10.1. The van der Waals surface area contributed by atoms with Crippen molar-refractivity contribution in [2.45, 2.75) is 12.5 Å². The quantitative estimate of drug-likeness (QED) is 0.431. The molecule has 1 aromatic carbocycles. The predicted octanol–water partition coefficient (Wildman–Crippen LogP) is 3.02. The summed E-state index contributed by atoms with van der Waals surface area (Å²) in [6.07, 6.45) is 11.8. The van der Waals surface area contributed by atoms with E-state index in [1.165, 1.54) is 5.56 Å². The molecule has 1 fully saturated rings. The van der Waals surface area contributed by atoms with E-state index in [2.05, 4.69) is 48.5 Å². The molecule has 1 aliphatic rings. The lowest BCUT2D eigenvalue weighted by molar-refractivity contribution is 0.548. The van der Waals surface area contributed by atoms with E-state index >= 15 is 0 Å². The van der Waals surface area contributed by atoms with E-state index in [1.807, 2.05) is 53.6 Å². The molecule has 0 bridgehead atoms. The van der Waals surface area contributed by atoms with Crippen LogP contribution in [0.1, 0.15) is 16.7 Å². The average Bonchev–Trinajstić information content (AvgIpc) is 3.24. The highest BCUT2D eigenvalue weighted by Crippen LogP contribution is 2.28. The minimum Gasteiger partial charge on any atom is -0.404 e. The van der Waals surface area contributed by atoms with E-state index in [-0.39, 0.29) is 0 Å². The fraction of sp³-hybridized carbons (Fsp3) is 0.200. The fourth-order valence-electron chi connectivity index (χ4n) is 4.04. The molecule has 0 amide bonds. The summed E-state index contributed by atoms with van der Waals surface area (Å²) in [6, 6.07) is 14.8. The maximum atomic E-state index is 5.73. The summed E-state index contributed by atoms with van der Waals surface area (Å²) in [5, 5.41) is 7.96. The van der Waals surface area contributed by atoms with Crippen molar-refractivity contribution in [3.63, 3.8) is 0 Å². The molecule has 4 aromatic rings. The van der Waals surface area contributed by atoms with E-state index in [1.54, 1.807) is 19.5 Å². The smallest absolute Gasteiger partial charge is 0.222 e. The lowest BCUT2D eigenvalue weighted by Gasteiger charge is -2.40. The standard InChI is InChI=1S/C25H26N8/c1-27-13-21(10-26)20-7-8-23-24(14-30-33(23)15-20)32-16-22(17-32)31-25-28-11-19(12-29-25)9-18-5-3-2-4-6-18/h2-8,10-15,22H,9,16-17,26H2,1H3,(H,28,29,31). The van der Waals surface area contributed by atoms with E-state index in [0.717, 1.165) is 47.4 Å². The molecule has 0 spiro atoms. The maximum absolute atomic E-state index is 5.73. The van der Waals surface area contributed by atoms with Crippen molar-refractivity contribution in [1.82, 2.24) is 19.6 Å². The molecular formula is C25H26N8. The molecule has 0 radical (unpaired) electrons. The molecule has 4 heterocycles. The Morgan fingerprint density at radius 1 is 1.09 bits per heavy atom. The second kappa shape index (κ2) is 9.12. The number of fused-ring (bicyclic) bond motifs is 1. The van der Waals surface area contributed by atoms with Gasteiger partial charge in [-0.1, -0.05) is 36.4 Å². The van der Waals surface area contributed by atoms with Gasteiger partial charge >= 0.3 is 0 Å². The first-order valence-corrected chi connectivity index (χ1v) is 10.9. The average molecular weight is 439 g/mol. The topological polar surface area (TPSA) is 96.7 Å². The number of nitrogens with zero attached hydrogens (tertiary/aromatic N) is 6. The first-order chi connectivity index (χ1) is 16.2. The molecule has 0 saturated carbocycles. The second-order valence-corrected chi connectivity index (χ2v) is 8.11. The second-order valence-electron chi connectivity index (χ2n) is 8.11.